The third-order valence-electron chi connectivity index (χ3n) is 2.39. The van der Waals surface area contributed by atoms with E-state index in [0.717, 1.165) is 5.69 Å². The minimum absolute atomic E-state index is 0.0317. The van der Waals surface area contributed by atoms with E-state index in [2.05, 4.69) is 15.6 Å². The van der Waals surface area contributed by atoms with Gasteiger partial charge in [0.05, 0.1) is 17.1 Å². The second kappa shape index (κ2) is 5.53. The Morgan fingerprint density at radius 3 is 2.42 bits per heavy atom. The molecule has 0 unspecified atom stereocenters. The summed E-state index contributed by atoms with van der Waals surface area (Å²) in [5.41, 5.74) is 0.718. The van der Waals surface area contributed by atoms with E-state index in [-0.39, 0.29) is 5.69 Å². The highest BCUT2D eigenvalue weighted by Crippen LogP contribution is 2.23. The molecular formula is C12H11ClN4O2. The summed E-state index contributed by atoms with van der Waals surface area (Å²) in [6.07, 6.45) is 0. The molecule has 2 aromatic rings. The average Bonchev–Trinajstić information content (AvgIpc) is 2.41. The third-order valence-corrected chi connectivity index (χ3v) is 2.65. The number of hydrogen-bond acceptors (Lipinski definition) is 5. The number of nitrogens with zero attached hydrogens (tertiary/aromatic N) is 2. The molecule has 19 heavy (non-hydrogen) atoms. The number of halogens is 1. The molecule has 1 heterocycles. The Kier molecular flexibility index (Phi) is 3.82. The van der Waals surface area contributed by atoms with Crippen LogP contribution in [0.4, 0.5) is 23.0 Å². The van der Waals surface area contributed by atoms with Gasteiger partial charge in [0.15, 0.2) is 0 Å². The molecule has 0 aliphatic carbocycles. The molecular weight excluding hydrogens is 268 g/mol. The van der Waals surface area contributed by atoms with Gasteiger partial charge in [-0.15, -0.1) is 0 Å². The number of aromatic nitrogens is 1. The van der Waals surface area contributed by atoms with Crippen LogP contribution in [0.1, 0.15) is 0 Å². The third kappa shape index (κ3) is 3.32. The first-order valence-electron chi connectivity index (χ1n) is 5.45. The molecule has 0 radical (unpaired) electrons. The molecule has 1 aromatic carbocycles. The van der Waals surface area contributed by atoms with Crippen molar-refractivity contribution < 1.29 is 4.92 Å². The molecule has 0 spiro atoms. The lowest BCUT2D eigenvalue weighted by Crippen LogP contribution is -2.00. The van der Waals surface area contributed by atoms with E-state index in [1.54, 1.807) is 31.3 Å². The van der Waals surface area contributed by atoms with E-state index in [0.29, 0.717) is 16.7 Å². The summed E-state index contributed by atoms with van der Waals surface area (Å²) < 4.78 is 0. The highest BCUT2D eigenvalue weighted by atomic mass is 35.5. The van der Waals surface area contributed by atoms with Gasteiger partial charge in [-0.1, -0.05) is 11.6 Å². The minimum Gasteiger partial charge on any atom is -0.373 e. The first-order chi connectivity index (χ1) is 9.08. The predicted molar refractivity (Wildman–Crippen MR) is 75.2 cm³/mol. The van der Waals surface area contributed by atoms with E-state index in [1.165, 1.54) is 12.1 Å². The van der Waals surface area contributed by atoms with Crippen molar-refractivity contribution in [2.75, 3.05) is 17.7 Å². The molecule has 0 saturated heterocycles. The zero-order valence-corrected chi connectivity index (χ0v) is 10.8. The molecule has 2 N–H and O–H groups in total. The number of hydrogen-bond donors (Lipinski definition) is 2. The largest absolute Gasteiger partial charge is 0.373 e. The highest BCUT2D eigenvalue weighted by molar-refractivity contribution is 6.30. The molecule has 2 rings (SSSR count). The summed E-state index contributed by atoms with van der Waals surface area (Å²) in [6, 6.07) is 9.72. The van der Waals surface area contributed by atoms with Crippen molar-refractivity contribution in [3.63, 3.8) is 0 Å². The Bertz CT molecular complexity index is 601. The topological polar surface area (TPSA) is 80.1 Å². The maximum Gasteiger partial charge on any atom is 0.276 e. The van der Waals surface area contributed by atoms with Crippen molar-refractivity contribution in [2.24, 2.45) is 0 Å². The minimum atomic E-state index is -0.463. The molecule has 0 amide bonds. The van der Waals surface area contributed by atoms with E-state index in [4.69, 9.17) is 11.6 Å². The standard InChI is InChI=1S/C12H11ClN4O2/c1-14-11-6-10(17(18)19)7-12(16-11)15-9-4-2-8(13)3-5-9/h2-7H,1H3,(H2,14,15,16). The Labute approximate surface area is 114 Å². The van der Waals surface area contributed by atoms with E-state index in [1.807, 2.05) is 0 Å². The predicted octanol–water partition coefficient (Wildman–Crippen LogP) is 3.43. The van der Waals surface area contributed by atoms with Crippen molar-refractivity contribution in [3.8, 4) is 0 Å². The van der Waals surface area contributed by atoms with Crippen molar-refractivity contribution in [3.05, 3.63) is 51.5 Å². The first kappa shape index (κ1) is 13.1. The number of benzene rings is 1. The van der Waals surface area contributed by atoms with Crippen LogP contribution in [0.5, 0.6) is 0 Å². The lowest BCUT2D eigenvalue weighted by molar-refractivity contribution is -0.384. The van der Waals surface area contributed by atoms with Crippen LogP contribution >= 0.6 is 11.6 Å². The summed E-state index contributed by atoms with van der Waals surface area (Å²) in [4.78, 5) is 14.6. The van der Waals surface area contributed by atoms with Gasteiger partial charge in [-0.05, 0) is 24.3 Å². The van der Waals surface area contributed by atoms with Gasteiger partial charge in [-0.25, -0.2) is 4.98 Å². The van der Waals surface area contributed by atoms with Crippen LogP contribution in [0.15, 0.2) is 36.4 Å². The molecule has 7 heteroatoms. The highest BCUT2D eigenvalue weighted by Gasteiger charge is 2.10. The van der Waals surface area contributed by atoms with Crippen molar-refractivity contribution >= 4 is 34.6 Å². The molecule has 0 saturated carbocycles. The molecule has 1 aromatic heterocycles. The normalized spacial score (nSPS) is 10.0. The fourth-order valence-corrected chi connectivity index (χ4v) is 1.62. The van der Waals surface area contributed by atoms with Crippen molar-refractivity contribution in [1.29, 1.82) is 0 Å². The van der Waals surface area contributed by atoms with Gasteiger partial charge in [0, 0.05) is 17.8 Å². The number of rotatable bonds is 4. The van der Waals surface area contributed by atoms with Crippen LogP contribution < -0.4 is 10.6 Å². The van der Waals surface area contributed by atoms with E-state index >= 15 is 0 Å². The second-order valence-corrected chi connectivity index (χ2v) is 4.17. The molecule has 6 nitrogen and oxygen atoms in total. The number of nitro groups is 1. The van der Waals surface area contributed by atoms with Gasteiger partial charge in [-0.2, -0.15) is 0 Å². The monoisotopic (exact) mass is 278 g/mol. The van der Waals surface area contributed by atoms with E-state index < -0.39 is 4.92 Å². The molecule has 0 aliphatic heterocycles. The zero-order chi connectivity index (χ0) is 13.8. The van der Waals surface area contributed by atoms with Gasteiger partial charge in [0.2, 0.25) is 0 Å². The molecule has 0 aliphatic rings. The quantitative estimate of drug-likeness (QED) is 0.661. The van der Waals surface area contributed by atoms with Gasteiger partial charge in [-0.3, -0.25) is 10.1 Å². The van der Waals surface area contributed by atoms with Crippen LogP contribution in [0.25, 0.3) is 0 Å². The maximum absolute atomic E-state index is 10.8. The Balaban J connectivity index is 2.31. The van der Waals surface area contributed by atoms with Crippen LogP contribution in [0, 0.1) is 10.1 Å². The molecule has 0 fully saturated rings. The summed E-state index contributed by atoms with van der Waals surface area (Å²) in [7, 11) is 1.65. The van der Waals surface area contributed by atoms with E-state index in [9.17, 15) is 10.1 Å². The Hall–Kier alpha value is -2.34. The number of nitrogens with one attached hydrogen (secondary N) is 2. The van der Waals surface area contributed by atoms with Gasteiger partial charge in [0.25, 0.3) is 5.69 Å². The molecule has 0 bridgehead atoms. The van der Waals surface area contributed by atoms with Gasteiger partial charge < -0.3 is 10.6 Å². The van der Waals surface area contributed by atoms with Crippen LogP contribution in [0.2, 0.25) is 5.02 Å². The zero-order valence-electron chi connectivity index (χ0n) is 10.1. The van der Waals surface area contributed by atoms with Crippen LogP contribution in [-0.4, -0.2) is 17.0 Å². The van der Waals surface area contributed by atoms with Crippen molar-refractivity contribution in [1.82, 2.24) is 4.98 Å². The molecule has 0 atom stereocenters. The second-order valence-electron chi connectivity index (χ2n) is 3.73. The maximum atomic E-state index is 10.8. The SMILES string of the molecule is CNc1cc([N+](=O)[O-])cc(Nc2ccc(Cl)cc2)n1. The summed E-state index contributed by atoms with van der Waals surface area (Å²) in [6.45, 7) is 0. The summed E-state index contributed by atoms with van der Waals surface area (Å²) in [5.74, 6) is 0.812. The number of pyridine rings is 1. The van der Waals surface area contributed by atoms with Crippen LogP contribution in [0.3, 0.4) is 0 Å². The van der Waals surface area contributed by atoms with Crippen LogP contribution in [-0.2, 0) is 0 Å². The Morgan fingerprint density at radius 2 is 1.84 bits per heavy atom. The lowest BCUT2D eigenvalue weighted by Gasteiger charge is -2.07. The fourth-order valence-electron chi connectivity index (χ4n) is 1.49. The molecule has 98 valence electrons. The van der Waals surface area contributed by atoms with Gasteiger partial charge >= 0.3 is 0 Å². The fraction of sp³-hybridized carbons (Fsp3) is 0.0833. The lowest BCUT2D eigenvalue weighted by atomic mass is 10.3. The smallest absolute Gasteiger partial charge is 0.276 e. The Morgan fingerprint density at radius 1 is 1.21 bits per heavy atom. The van der Waals surface area contributed by atoms with Crippen molar-refractivity contribution in [2.45, 2.75) is 0 Å². The first-order valence-corrected chi connectivity index (χ1v) is 5.83. The average molecular weight is 279 g/mol. The summed E-state index contributed by atoms with van der Waals surface area (Å²) in [5, 5.41) is 17.2. The number of anilines is 3. The summed E-state index contributed by atoms with van der Waals surface area (Å²) >= 11 is 5.79. The van der Waals surface area contributed by atoms with Gasteiger partial charge in [0.1, 0.15) is 11.6 Å².